The minimum atomic E-state index is -1.24. The van der Waals surface area contributed by atoms with E-state index in [1.54, 1.807) is 0 Å². The summed E-state index contributed by atoms with van der Waals surface area (Å²) in [6, 6.07) is 3.80. The number of hydrogen-bond donors (Lipinski definition) is 2. The summed E-state index contributed by atoms with van der Waals surface area (Å²) in [5, 5.41) is 21.5. The minimum absolute atomic E-state index is 0.223. The zero-order valence-electron chi connectivity index (χ0n) is 8.77. The first-order valence-corrected chi connectivity index (χ1v) is 4.68. The average Bonchev–Trinajstić information content (AvgIpc) is 2.74. The highest BCUT2D eigenvalue weighted by atomic mass is 19.1. The van der Waals surface area contributed by atoms with Crippen LogP contribution in [0.3, 0.4) is 0 Å². The lowest BCUT2D eigenvalue weighted by Crippen LogP contribution is -1.91. The Hall–Kier alpha value is -2.37. The number of carbonyl (C=O) groups is 1. The van der Waals surface area contributed by atoms with Crippen LogP contribution in [0.15, 0.2) is 22.7 Å². The van der Waals surface area contributed by atoms with Crippen LogP contribution in [0, 0.1) is 12.7 Å². The summed E-state index contributed by atoms with van der Waals surface area (Å²) >= 11 is 0. The molecule has 0 saturated carbocycles. The second kappa shape index (κ2) is 3.89. The van der Waals surface area contributed by atoms with Gasteiger partial charge < -0.3 is 14.7 Å². The van der Waals surface area contributed by atoms with Gasteiger partial charge in [-0.15, -0.1) is 0 Å². The molecule has 2 N–H and O–H groups in total. The fourth-order valence-electron chi connectivity index (χ4n) is 1.41. The molecule has 0 bridgehead atoms. The van der Waals surface area contributed by atoms with Gasteiger partial charge in [-0.1, -0.05) is 5.16 Å². The van der Waals surface area contributed by atoms with Gasteiger partial charge in [0.05, 0.1) is 0 Å². The fourth-order valence-corrected chi connectivity index (χ4v) is 1.41. The van der Waals surface area contributed by atoms with Gasteiger partial charge in [-0.3, -0.25) is 0 Å². The molecule has 0 spiro atoms. The summed E-state index contributed by atoms with van der Waals surface area (Å²) in [5.41, 5.74) is 0.846. The zero-order chi connectivity index (χ0) is 12.6. The van der Waals surface area contributed by atoms with Crippen LogP contribution in [0.1, 0.15) is 16.1 Å². The van der Waals surface area contributed by atoms with Gasteiger partial charge in [0.15, 0.2) is 11.6 Å². The quantitative estimate of drug-likeness (QED) is 0.836. The van der Waals surface area contributed by atoms with Crippen molar-refractivity contribution in [2.75, 3.05) is 0 Å². The molecule has 1 aromatic heterocycles. The van der Waals surface area contributed by atoms with Crippen molar-refractivity contribution in [1.29, 1.82) is 0 Å². The molecule has 88 valence electrons. The van der Waals surface area contributed by atoms with E-state index in [2.05, 4.69) is 9.68 Å². The van der Waals surface area contributed by atoms with E-state index in [4.69, 9.17) is 5.11 Å². The number of carboxylic acid groups (broad SMARTS) is 1. The Labute approximate surface area is 95.1 Å². The largest absolute Gasteiger partial charge is 0.505 e. The van der Waals surface area contributed by atoms with E-state index < -0.39 is 17.5 Å². The lowest BCUT2D eigenvalue weighted by molar-refractivity contribution is 0.0652. The molecule has 2 rings (SSSR count). The molecule has 0 aliphatic heterocycles. The summed E-state index contributed by atoms with van der Waals surface area (Å²) in [4.78, 5) is 10.6. The Kier molecular flexibility index (Phi) is 2.55. The molecule has 6 heteroatoms. The second-order valence-corrected chi connectivity index (χ2v) is 3.51. The number of halogens is 1. The second-order valence-electron chi connectivity index (χ2n) is 3.51. The molecule has 5 nitrogen and oxygen atoms in total. The molecular formula is C11H8FNO4. The van der Waals surface area contributed by atoms with E-state index in [-0.39, 0.29) is 17.0 Å². The SMILES string of the molecule is Cc1cc(-c2cc(C(=O)O)on2)cc(O)c1F. The highest BCUT2D eigenvalue weighted by Gasteiger charge is 2.14. The van der Waals surface area contributed by atoms with Crippen LogP contribution in [0.4, 0.5) is 4.39 Å². The Balaban J connectivity index is 2.49. The molecule has 17 heavy (non-hydrogen) atoms. The van der Waals surface area contributed by atoms with Crippen LogP contribution in [0.5, 0.6) is 5.75 Å². The number of phenols is 1. The van der Waals surface area contributed by atoms with Crippen LogP contribution in [-0.4, -0.2) is 21.3 Å². The third-order valence-electron chi connectivity index (χ3n) is 2.25. The third-order valence-corrected chi connectivity index (χ3v) is 2.25. The molecular weight excluding hydrogens is 229 g/mol. The number of hydrogen-bond acceptors (Lipinski definition) is 4. The Bertz CT molecular complexity index is 568. The summed E-state index contributed by atoms with van der Waals surface area (Å²) in [5.74, 6) is -2.79. The van der Waals surface area contributed by atoms with Gasteiger partial charge in [0.25, 0.3) is 0 Å². The smallest absolute Gasteiger partial charge is 0.374 e. The van der Waals surface area contributed by atoms with E-state index >= 15 is 0 Å². The van der Waals surface area contributed by atoms with Crippen molar-refractivity contribution in [3.63, 3.8) is 0 Å². The number of phenolic OH excluding ortho intramolecular Hbond substituents is 1. The van der Waals surface area contributed by atoms with Crippen molar-refractivity contribution in [1.82, 2.24) is 5.16 Å². The van der Waals surface area contributed by atoms with Crippen LogP contribution in [0.2, 0.25) is 0 Å². The standard InChI is InChI=1S/C11H8FNO4/c1-5-2-6(3-8(14)10(5)12)7-4-9(11(15)16)17-13-7/h2-4,14H,1H3,(H,15,16). The molecule has 2 aromatic rings. The number of carboxylic acids is 1. The van der Waals surface area contributed by atoms with Crippen LogP contribution in [0.25, 0.3) is 11.3 Å². The van der Waals surface area contributed by atoms with Crippen LogP contribution >= 0.6 is 0 Å². The lowest BCUT2D eigenvalue weighted by atomic mass is 10.1. The first-order chi connectivity index (χ1) is 7.99. The van der Waals surface area contributed by atoms with E-state index in [0.717, 1.165) is 6.07 Å². The Morgan fingerprint density at radius 3 is 2.65 bits per heavy atom. The molecule has 0 aliphatic rings. The number of nitrogens with zero attached hydrogens (tertiary/aromatic N) is 1. The summed E-state index contributed by atoms with van der Waals surface area (Å²) in [6.07, 6.45) is 0. The monoisotopic (exact) mass is 237 g/mol. The van der Waals surface area contributed by atoms with E-state index in [1.165, 1.54) is 19.1 Å². The van der Waals surface area contributed by atoms with Crippen LogP contribution in [-0.2, 0) is 0 Å². The van der Waals surface area contributed by atoms with Gasteiger partial charge in [0.1, 0.15) is 5.69 Å². The normalized spacial score (nSPS) is 10.5. The molecule has 1 aromatic carbocycles. The van der Waals surface area contributed by atoms with Crippen molar-refractivity contribution in [3.05, 3.63) is 35.3 Å². The highest BCUT2D eigenvalue weighted by Crippen LogP contribution is 2.28. The van der Waals surface area contributed by atoms with Crippen molar-refractivity contribution >= 4 is 5.97 Å². The minimum Gasteiger partial charge on any atom is -0.505 e. The van der Waals surface area contributed by atoms with Crippen LogP contribution < -0.4 is 0 Å². The van der Waals surface area contributed by atoms with Crippen molar-refractivity contribution in [3.8, 4) is 17.0 Å². The maximum atomic E-state index is 13.2. The first-order valence-electron chi connectivity index (χ1n) is 4.68. The maximum Gasteiger partial charge on any atom is 0.374 e. The predicted octanol–water partition coefficient (Wildman–Crippen LogP) is 2.19. The van der Waals surface area contributed by atoms with Crippen molar-refractivity contribution in [2.24, 2.45) is 0 Å². The molecule has 0 saturated heterocycles. The molecule has 0 radical (unpaired) electrons. The van der Waals surface area contributed by atoms with Crippen molar-refractivity contribution in [2.45, 2.75) is 6.92 Å². The zero-order valence-corrected chi connectivity index (χ0v) is 8.77. The summed E-state index contributed by atoms with van der Waals surface area (Å²) < 4.78 is 17.7. The molecule has 1 heterocycles. The predicted molar refractivity (Wildman–Crippen MR) is 55.3 cm³/mol. The third kappa shape index (κ3) is 1.96. The lowest BCUT2D eigenvalue weighted by Gasteiger charge is -2.02. The first kappa shape index (κ1) is 11.1. The van der Waals surface area contributed by atoms with Gasteiger partial charge in [0, 0.05) is 11.6 Å². The number of rotatable bonds is 2. The van der Waals surface area contributed by atoms with Gasteiger partial charge in [-0.25, -0.2) is 9.18 Å². The molecule has 0 fully saturated rings. The highest BCUT2D eigenvalue weighted by molar-refractivity contribution is 5.85. The summed E-state index contributed by atoms with van der Waals surface area (Å²) in [6.45, 7) is 1.48. The van der Waals surface area contributed by atoms with E-state index in [1.807, 2.05) is 0 Å². The van der Waals surface area contributed by atoms with Gasteiger partial charge in [0.2, 0.25) is 5.76 Å². The molecule has 0 unspecified atom stereocenters. The maximum absolute atomic E-state index is 13.2. The number of aromatic carboxylic acids is 1. The van der Waals surface area contributed by atoms with Gasteiger partial charge in [-0.05, 0) is 24.6 Å². The average molecular weight is 237 g/mol. The van der Waals surface area contributed by atoms with Gasteiger partial charge in [-0.2, -0.15) is 0 Å². The summed E-state index contributed by atoms with van der Waals surface area (Å²) in [7, 11) is 0. The Morgan fingerprint density at radius 2 is 2.12 bits per heavy atom. The van der Waals surface area contributed by atoms with Gasteiger partial charge >= 0.3 is 5.97 Å². The number of aryl methyl sites for hydroxylation is 1. The fraction of sp³-hybridized carbons (Fsp3) is 0.0909. The Morgan fingerprint density at radius 1 is 1.41 bits per heavy atom. The topological polar surface area (TPSA) is 83.6 Å². The van der Waals surface area contributed by atoms with E-state index in [9.17, 15) is 14.3 Å². The van der Waals surface area contributed by atoms with E-state index in [0.29, 0.717) is 5.56 Å². The molecule has 0 atom stereocenters. The number of benzene rings is 1. The molecule has 0 amide bonds. The van der Waals surface area contributed by atoms with Crippen molar-refractivity contribution < 1.29 is 23.9 Å². The molecule has 0 aliphatic carbocycles. The number of aromatic hydroxyl groups is 1. The number of aromatic nitrogens is 1.